The van der Waals surface area contributed by atoms with Crippen molar-refractivity contribution < 1.29 is 9.90 Å². The number of halogens is 1. The summed E-state index contributed by atoms with van der Waals surface area (Å²) in [5, 5.41) is 12.2. The van der Waals surface area contributed by atoms with Gasteiger partial charge in [-0.25, -0.2) is 4.98 Å². The topological polar surface area (TPSA) is 53.4 Å². The van der Waals surface area contributed by atoms with E-state index in [-0.39, 0.29) is 5.92 Å². The Morgan fingerprint density at radius 2 is 2.36 bits per heavy atom. The second kappa shape index (κ2) is 6.89. The van der Waals surface area contributed by atoms with Crippen molar-refractivity contribution in [2.45, 2.75) is 19.4 Å². The van der Waals surface area contributed by atoms with Gasteiger partial charge >= 0.3 is 5.97 Å². The molecule has 6 heteroatoms. The zero-order valence-corrected chi connectivity index (χ0v) is 14.4. The van der Waals surface area contributed by atoms with Gasteiger partial charge in [0.25, 0.3) is 0 Å². The zero-order chi connectivity index (χ0) is 15.5. The molecule has 1 aromatic heterocycles. The molecule has 0 saturated carbocycles. The molecule has 1 saturated heterocycles. The number of nitrogens with zero attached hydrogens (tertiary/aromatic N) is 2. The van der Waals surface area contributed by atoms with Crippen molar-refractivity contribution in [3.05, 3.63) is 39.8 Å². The average molecular weight is 381 g/mol. The highest BCUT2D eigenvalue weighted by molar-refractivity contribution is 9.10. The molecule has 1 aliphatic rings. The molecule has 0 bridgehead atoms. The Labute approximate surface area is 141 Å². The Morgan fingerprint density at radius 1 is 1.50 bits per heavy atom. The number of thiazole rings is 1. The molecule has 0 spiro atoms. The maximum Gasteiger partial charge on any atom is 0.307 e. The Morgan fingerprint density at radius 3 is 3.14 bits per heavy atom. The number of rotatable bonds is 4. The normalized spacial score (nSPS) is 19.2. The van der Waals surface area contributed by atoms with Crippen molar-refractivity contribution in [1.29, 1.82) is 0 Å². The van der Waals surface area contributed by atoms with Crippen molar-refractivity contribution in [2.24, 2.45) is 5.92 Å². The fraction of sp³-hybridized carbons (Fsp3) is 0.375. The van der Waals surface area contributed by atoms with Crippen LogP contribution in [-0.2, 0) is 11.3 Å². The van der Waals surface area contributed by atoms with E-state index < -0.39 is 5.97 Å². The van der Waals surface area contributed by atoms with E-state index in [0.717, 1.165) is 46.7 Å². The van der Waals surface area contributed by atoms with E-state index >= 15 is 0 Å². The van der Waals surface area contributed by atoms with Gasteiger partial charge in [0.05, 0.1) is 11.6 Å². The molecule has 0 aliphatic carbocycles. The summed E-state index contributed by atoms with van der Waals surface area (Å²) in [4.78, 5) is 18.0. The van der Waals surface area contributed by atoms with Crippen molar-refractivity contribution >= 4 is 33.2 Å². The summed E-state index contributed by atoms with van der Waals surface area (Å²) in [5.41, 5.74) is 2.12. The van der Waals surface area contributed by atoms with Crippen LogP contribution in [0.3, 0.4) is 0 Å². The van der Waals surface area contributed by atoms with Crippen LogP contribution in [0.5, 0.6) is 0 Å². The first kappa shape index (κ1) is 15.6. The minimum Gasteiger partial charge on any atom is -0.481 e. The van der Waals surface area contributed by atoms with Gasteiger partial charge in [-0.2, -0.15) is 0 Å². The first-order valence-electron chi connectivity index (χ1n) is 7.27. The van der Waals surface area contributed by atoms with Crippen LogP contribution < -0.4 is 0 Å². The minimum absolute atomic E-state index is 0.239. The SMILES string of the molecule is O=C(O)C1CCCN(Cc2csc(-c3cccc(Br)c3)n2)C1. The second-order valence-corrected chi connectivity index (χ2v) is 7.34. The summed E-state index contributed by atoms with van der Waals surface area (Å²) in [6, 6.07) is 8.11. The molecule has 1 atom stereocenters. The first-order chi connectivity index (χ1) is 10.6. The maximum atomic E-state index is 11.1. The molecule has 1 N–H and O–H groups in total. The van der Waals surface area contributed by atoms with Crippen molar-refractivity contribution in [3.8, 4) is 10.6 Å². The standard InChI is InChI=1S/C16H17BrN2O2S/c17-13-5-1-3-11(7-13)15-18-14(10-22-15)9-19-6-2-4-12(8-19)16(20)21/h1,3,5,7,10,12H,2,4,6,8-9H2,(H,20,21). The van der Waals surface area contributed by atoms with Crippen LogP contribution in [0.25, 0.3) is 10.6 Å². The summed E-state index contributed by atoms with van der Waals surface area (Å²) in [6.07, 6.45) is 1.73. The smallest absolute Gasteiger partial charge is 0.307 e. The molecule has 1 aromatic carbocycles. The maximum absolute atomic E-state index is 11.1. The van der Waals surface area contributed by atoms with Crippen LogP contribution in [-0.4, -0.2) is 34.0 Å². The molecule has 0 amide bonds. The lowest BCUT2D eigenvalue weighted by Gasteiger charge is -2.29. The fourth-order valence-corrected chi connectivity index (χ4v) is 3.97. The largest absolute Gasteiger partial charge is 0.481 e. The monoisotopic (exact) mass is 380 g/mol. The Bertz CT molecular complexity index is 674. The number of likely N-dealkylation sites (tertiary alicyclic amines) is 1. The Kier molecular flexibility index (Phi) is 4.90. The van der Waals surface area contributed by atoms with E-state index in [9.17, 15) is 4.79 Å². The molecule has 22 heavy (non-hydrogen) atoms. The number of hydrogen-bond donors (Lipinski definition) is 1. The van der Waals surface area contributed by atoms with Gasteiger partial charge in [0.2, 0.25) is 0 Å². The predicted octanol–water partition coefficient (Wildman–Crippen LogP) is 3.87. The number of carboxylic acid groups (broad SMARTS) is 1. The summed E-state index contributed by atoms with van der Waals surface area (Å²) < 4.78 is 1.04. The van der Waals surface area contributed by atoms with Crippen molar-refractivity contribution in [3.63, 3.8) is 0 Å². The molecule has 0 radical (unpaired) electrons. The molecule has 1 aliphatic heterocycles. The lowest BCUT2D eigenvalue weighted by Crippen LogP contribution is -2.38. The Hall–Kier alpha value is -1.24. The van der Waals surface area contributed by atoms with Gasteiger partial charge in [0.15, 0.2) is 0 Å². The van der Waals surface area contributed by atoms with E-state index in [2.05, 4.69) is 38.3 Å². The highest BCUT2D eigenvalue weighted by Gasteiger charge is 2.25. The number of carbonyl (C=O) groups is 1. The molecule has 4 nitrogen and oxygen atoms in total. The van der Waals surface area contributed by atoms with E-state index in [1.54, 1.807) is 11.3 Å². The van der Waals surface area contributed by atoms with Crippen LogP contribution >= 0.6 is 27.3 Å². The average Bonchev–Trinajstić information content (AvgIpc) is 2.96. The number of benzene rings is 1. The predicted molar refractivity (Wildman–Crippen MR) is 90.9 cm³/mol. The van der Waals surface area contributed by atoms with E-state index in [4.69, 9.17) is 10.1 Å². The van der Waals surface area contributed by atoms with Gasteiger partial charge in [-0.1, -0.05) is 28.1 Å². The number of carboxylic acids is 1. The molecule has 116 valence electrons. The first-order valence-corrected chi connectivity index (χ1v) is 8.94. The quantitative estimate of drug-likeness (QED) is 0.874. The van der Waals surface area contributed by atoms with Gasteiger partial charge in [0, 0.05) is 28.5 Å². The van der Waals surface area contributed by atoms with Gasteiger partial charge < -0.3 is 5.11 Å². The molecular formula is C16H17BrN2O2S. The fourth-order valence-electron chi connectivity index (χ4n) is 2.76. The third-order valence-corrected chi connectivity index (χ3v) is 5.30. The third kappa shape index (κ3) is 3.74. The number of hydrogen-bond acceptors (Lipinski definition) is 4. The number of aliphatic carboxylic acids is 1. The van der Waals surface area contributed by atoms with E-state index in [0.29, 0.717) is 6.54 Å². The second-order valence-electron chi connectivity index (χ2n) is 5.57. The van der Waals surface area contributed by atoms with Crippen LogP contribution in [0, 0.1) is 5.92 Å². The van der Waals surface area contributed by atoms with Gasteiger partial charge in [0.1, 0.15) is 5.01 Å². The lowest BCUT2D eigenvalue weighted by molar-refractivity contribution is -0.143. The van der Waals surface area contributed by atoms with Gasteiger partial charge in [-0.15, -0.1) is 11.3 Å². The number of piperidine rings is 1. The summed E-state index contributed by atoms with van der Waals surface area (Å²) in [5.74, 6) is -0.922. The molecule has 1 unspecified atom stereocenters. The van der Waals surface area contributed by atoms with E-state index in [1.165, 1.54) is 0 Å². The van der Waals surface area contributed by atoms with Gasteiger partial charge in [-0.3, -0.25) is 9.69 Å². The summed E-state index contributed by atoms with van der Waals surface area (Å²) >= 11 is 5.11. The molecule has 3 rings (SSSR count). The lowest BCUT2D eigenvalue weighted by atomic mass is 9.98. The molecule has 1 fully saturated rings. The highest BCUT2D eigenvalue weighted by Crippen LogP contribution is 2.27. The Balaban J connectivity index is 1.68. The zero-order valence-electron chi connectivity index (χ0n) is 12.0. The van der Waals surface area contributed by atoms with Crippen LogP contribution in [0.2, 0.25) is 0 Å². The summed E-state index contributed by atoms with van der Waals surface area (Å²) in [7, 11) is 0. The van der Waals surface area contributed by atoms with Crippen molar-refractivity contribution in [1.82, 2.24) is 9.88 Å². The van der Waals surface area contributed by atoms with Crippen LogP contribution in [0.15, 0.2) is 34.1 Å². The minimum atomic E-state index is -0.683. The van der Waals surface area contributed by atoms with Crippen molar-refractivity contribution in [2.75, 3.05) is 13.1 Å². The highest BCUT2D eigenvalue weighted by atomic mass is 79.9. The third-order valence-electron chi connectivity index (χ3n) is 3.86. The molecule has 2 heterocycles. The van der Waals surface area contributed by atoms with Gasteiger partial charge in [-0.05, 0) is 31.5 Å². The molecule has 2 aromatic rings. The molecular weight excluding hydrogens is 364 g/mol. The van der Waals surface area contributed by atoms with Crippen LogP contribution in [0.4, 0.5) is 0 Å². The van der Waals surface area contributed by atoms with Crippen LogP contribution in [0.1, 0.15) is 18.5 Å². The summed E-state index contributed by atoms with van der Waals surface area (Å²) in [6.45, 7) is 2.31. The number of aromatic nitrogens is 1. The van der Waals surface area contributed by atoms with E-state index in [1.807, 2.05) is 12.1 Å².